The van der Waals surface area contributed by atoms with Crippen LogP contribution in [0.5, 0.6) is 0 Å². The summed E-state index contributed by atoms with van der Waals surface area (Å²) in [6.07, 6.45) is 2.58. The zero-order valence-corrected chi connectivity index (χ0v) is 12.1. The smallest absolute Gasteiger partial charge is 0.222 e. The van der Waals surface area contributed by atoms with E-state index in [0.717, 1.165) is 45.6 Å². The fourth-order valence-electron chi connectivity index (χ4n) is 2.65. The van der Waals surface area contributed by atoms with E-state index in [0.29, 0.717) is 18.9 Å². The molecule has 0 unspecified atom stereocenters. The normalized spacial score (nSPS) is 16.4. The Morgan fingerprint density at radius 3 is 2.45 bits per heavy atom. The van der Waals surface area contributed by atoms with Gasteiger partial charge in [-0.15, -0.1) is 0 Å². The molecule has 0 spiro atoms. The van der Waals surface area contributed by atoms with Gasteiger partial charge in [-0.05, 0) is 18.4 Å². The monoisotopic (exact) mass is 275 g/mol. The Kier molecular flexibility index (Phi) is 6.02. The van der Waals surface area contributed by atoms with E-state index in [1.807, 2.05) is 23.1 Å². The Morgan fingerprint density at radius 1 is 1.10 bits per heavy atom. The lowest BCUT2D eigenvalue weighted by molar-refractivity contribution is -0.133. The number of benzene rings is 1. The fourth-order valence-corrected chi connectivity index (χ4v) is 2.65. The van der Waals surface area contributed by atoms with Crippen molar-refractivity contribution in [2.45, 2.75) is 19.3 Å². The molecular formula is C16H25N3O. The highest BCUT2D eigenvalue weighted by Gasteiger charge is 2.19. The number of hydrogen-bond donors (Lipinski definition) is 1. The van der Waals surface area contributed by atoms with Crippen molar-refractivity contribution in [3.63, 3.8) is 0 Å². The van der Waals surface area contributed by atoms with Crippen molar-refractivity contribution in [2.75, 3.05) is 39.3 Å². The van der Waals surface area contributed by atoms with E-state index in [9.17, 15) is 4.79 Å². The first-order valence-electron chi connectivity index (χ1n) is 7.53. The van der Waals surface area contributed by atoms with Crippen LogP contribution >= 0.6 is 0 Å². The molecule has 1 aromatic rings. The topological polar surface area (TPSA) is 49.6 Å². The summed E-state index contributed by atoms with van der Waals surface area (Å²) >= 11 is 0. The molecule has 2 rings (SSSR count). The number of piperazine rings is 1. The van der Waals surface area contributed by atoms with Crippen LogP contribution in [0.4, 0.5) is 0 Å². The van der Waals surface area contributed by atoms with Crippen molar-refractivity contribution in [3.8, 4) is 0 Å². The quantitative estimate of drug-likeness (QED) is 0.846. The average molecular weight is 275 g/mol. The summed E-state index contributed by atoms with van der Waals surface area (Å²) in [4.78, 5) is 16.5. The summed E-state index contributed by atoms with van der Waals surface area (Å²) in [6, 6.07) is 10.4. The lowest BCUT2D eigenvalue weighted by Crippen LogP contribution is -2.49. The van der Waals surface area contributed by atoms with Crippen LogP contribution < -0.4 is 5.73 Å². The number of nitrogens with zero attached hydrogens (tertiary/aromatic N) is 2. The molecule has 0 atom stereocenters. The average Bonchev–Trinajstić information content (AvgIpc) is 2.49. The van der Waals surface area contributed by atoms with Gasteiger partial charge in [0, 0.05) is 45.7 Å². The molecular weight excluding hydrogens is 250 g/mol. The van der Waals surface area contributed by atoms with Crippen LogP contribution in [0, 0.1) is 0 Å². The van der Waals surface area contributed by atoms with E-state index in [1.165, 1.54) is 5.56 Å². The van der Waals surface area contributed by atoms with E-state index in [-0.39, 0.29) is 0 Å². The number of rotatable bonds is 6. The highest BCUT2D eigenvalue weighted by molar-refractivity contribution is 5.76. The largest absolute Gasteiger partial charge is 0.340 e. The summed E-state index contributed by atoms with van der Waals surface area (Å²) in [5.41, 5.74) is 6.87. The highest BCUT2D eigenvalue weighted by Crippen LogP contribution is 2.08. The van der Waals surface area contributed by atoms with E-state index in [4.69, 9.17) is 5.73 Å². The number of amides is 1. The molecule has 1 aromatic carbocycles. The molecule has 4 nitrogen and oxygen atoms in total. The second-order valence-corrected chi connectivity index (χ2v) is 5.35. The van der Waals surface area contributed by atoms with Gasteiger partial charge in [0.2, 0.25) is 5.91 Å². The van der Waals surface area contributed by atoms with Crippen LogP contribution in [0.15, 0.2) is 30.3 Å². The SMILES string of the molecule is NCCN1CCN(C(=O)CCCc2ccccc2)CC1. The Labute approximate surface area is 121 Å². The molecule has 0 aromatic heterocycles. The molecule has 2 N–H and O–H groups in total. The maximum atomic E-state index is 12.1. The molecule has 1 amide bonds. The molecule has 0 saturated carbocycles. The summed E-state index contributed by atoms with van der Waals surface area (Å²) in [5.74, 6) is 0.299. The standard InChI is InChI=1S/C16H25N3O/c17-9-10-18-11-13-19(14-12-18)16(20)8-4-7-15-5-2-1-3-6-15/h1-3,5-6H,4,7-14,17H2. The summed E-state index contributed by atoms with van der Waals surface area (Å²) < 4.78 is 0. The highest BCUT2D eigenvalue weighted by atomic mass is 16.2. The van der Waals surface area contributed by atoms with Gasteiger partial charge in [0.05, 0.1) is 0 Å². The first-order chi connectivity index (χ1) is 9.79. The van der Waals surface area contributed by atoms with Crippen LogP contribution in [-0.4, -0.2) is 55.0 Å². The summed E-state index contributed by atoms with van der Waals surface area (Å²) in [6.45, 7) is 5.26. The maximum absolute atomic E-state index is 12.1. The van der Waals surface area contributed by atoms with E-state index < -0.39 is 0 Å². The maximum Gasteiger partial charge on any atom is 0.222 e. The zero-order chi connectivity index (χ0) is 14.2. The van der Waals surface area contributed by atoms with Crippen LogP contribution in [-0.2, 0) is 11.2 Å². The zero-order valence-electron chi connectivity index (χ0n) is 12.1. The Hall–Kier alpha value is -1.39. The lowest BCUT2D eigenvalue weighted by atomic mass is 10.1. The van der Waals surface area contributed by atoms with Gasteiger partial charge in [-0.25, -0.2) is 0 Å². The van der Waals surface area contributed by atoms with Gasteiger partial charge >= 0.3 is 0 Å². The number of hydrogen-bond acceptors (Lipinski definition) is 3. The van der Waals surface area contributed by atoms with Crippen molar-refractivity contribution < 1.29 is 4.79 Å². The fraction of sp³-hybridized carbons (Fsp3) is 0.562. The second-order valence-electron chi connectivity index (χ2n) is 5.35. The molecule has 4 heteroatoms. The number of carbonyl (C=O) groups excluding carboxylic acids is 1. The van der Waals surface area contributed by atoms with Gasteiger partial charge in [0.1, 0.15) is 0 Å². The number of nitrogens with two attached hydrogens (primary N) is 1. The Bertz CT molecular complexity index is 399. The molecule has 1 saturated heterocycles. The molecule has 1 aliphatic heterocycles. The van der Waals surface area contributed by atoms with Crippen molar-refractivity contribution in [2.24, 2.45) is 5.73 Å². The molecule has 0 radical (unpaired) electrons. The van der Waals surface area contributed by atoms with Crippen molar-refractivity contribution in [1.82, 2.24) is 9.80 Å². The van der Waals surface area contributed by atoms with E-state index in [2.05, 4.69) is 17.0 Å². The first kappa shape index (κ1) is 15.0. The number of carbonyl (C=O) groups is 1. The van der Waals surface area contributed by atoms with Gasteiger partial charge in [0.25, 0.3) is 0 Å². The lowest BCUT2D eigenvalue weighted by Gasteiger charge is -2.34. The molecule has 110 valence electrons. The first-order valence-corrected chi connectivity index (χ1v) is 7.53. The Morgan fingerprint density at radius 2 is 1.80 bits per heavy atom. The van der Waals surface area contributed by atoms with Gasteiger partial charge in [-0.2, -0.15) is 0 Å². The minimum absolute atomic E-state index is 0.299. The predicted molar refractivity (Wildman–Crippen MR) is 81.5 cm³/mol. The predicted octanol–water partition coefficient (Wildman–Crippen LogP) is 1.11. The van der Waals surface area contributed by atoms with Crippen molar-refractivity contribution in [1.29, 1.82) is 0 Å². The third kappa shape index (κ3) is 4.62. The number of aryl methyl sites for hydroxylation is 1. The molecule has 0 bridgehead atoms. The second kappa shape index (κ2) is 8.02. The molecule has 1 heterocycles. The Balaban J connectivity index is 1.66. The van der Waals surface area contributed by atoms with Gasteiger partial charge in [-0.3, -0.25) is 9.69 Å². The van der Waals surface area contributed by atoms with Crippen LogP contribution in [0.25, 0.3) is 0 Å². The third-order valence-electron chi connectivity index (χ3n) is 3.87. The molecule has 1 aliphatic rings. The summed E-state index contributed by atoms with van der Waals surface area (Å²) in [7, 11) is 0. The van der Waals surface area contributed by atoms with Crippen LogP contribution in [0.1, 0.15) is 18.4 Å². The van der Waals surface area contributed by atoms with Gasteiger partial charge < -0.3 is 10.6 Å². The minimum Gasteiger partial charge on any atom is -0.340 e. The van der Waals surface area contributed by atoms with E-state index >= 15 is 0 Å². The summed E-state index contributed by atoms with van der Waals surface area (Å²) in [5, 5.41) is 0. The minimum atomic E-state index is 0.299. The van der Waals surface area contributed by atoms with Crippen molar-refractivity contribution >= 4 is 5.91 Å². The van der Waals surface area contributed by atoms with Crippen molar-refractivity contribution in [3.05, 3.63) is 35.9 Å². The molecule has 1 fully saturated rings. The van der Waals surface area contributed by atoms with Crippen LogP contribution in [0.2, 0.25) is 0 Å². The molecule has 0 aliphatic carbocycles. The van der Waals surface area contributed by atoms with E-state index in [1.54, 1.807) is 0 Å². The molecule has 20 heavy (non-hydrogen) atoms. The van der Waals surface area contributed by atoms with Crippen LogP contribution in [0.3, 0.4) is 0 Å². The van der Waals surface area contributed by atoms with Gasteiger partial charge in [0.15, 0.2) is 0 Å². The third-order valence-corrected chi connectivity index (χ3v) is 3.87. The van der Waals surface area contributed by atoms with Gasteiger partial charge in [-0.1, -0.05) is 30.3 Å².